The Balaban J connectivity index is 2.84. The number of rotatable bonds is 1. The summed E-state index contributed by atoms with van der Waals surface area (Å²) in [5.41, 5.74) is 2.41. The molecule has 0 aliphatic heterocycles. The number of nitrogens with one attached hydrogen (secondary N) is 1. The molecule has 0 atom stereocenters. The fourth-order valence-electron chi connectivity index (χ4n) is 1.96. The van der Waals surface area contributed by atoms with Gasteiger partial charge in [-0.2, -0.15) is 0 Å². The number of aromatic hydroxyl groups is 1. The number of carbonyl (C=O) groups excluding carboxylic acids is 1. The maximum atomic E-state index is 11.8. The zero-order valence-electron chi connectivity index (χ0n) is 9.53. The second-order valence-electron chi connectivity index (χ2n) is 3.80. The number of hydrogen-bond donors (Lipinski definition) is 2. The van der Waals surface area contributed by atoms with Crippen LogP contribution in [0.4, 0.5) is 0 Å². The molecule has 1 aromatic carbocycles. The normalized spacial score (nSPS) is 10.7. The molecule has 0 aliphatic carbocycles. The number of fused-ring (bicyclic) bond motifs is 1. The van der Waals surface area contributed by atoms with Crippen molar-refractivity contribution in [3.05, 3.63) is 29.5 Å². The van der Waals surface area contributed by atoms with Crippen LogP contribution in [-0.2, 0) is 7.05 Å². The molecule has 2 aromatic rings. The standard InChI is InChI=1S/C12H14N2O2/c1-7-11(12(16)13-2)9-5-4-8(15)6-10(9)14(7)3/h4-6,15H,1-3H3,(H,13,16). The number of hydrogen-bond acceptors (Lipinski definition) is 2. The average molecular weight is 218 g/mol. The van der Waals surface area contributed by atoms with Gasteiger partial charge in [0.15, 0.2) is 0 Å². The van der Waals surface area contributed by atoms with Crippen LogP contribution < -0.4 is 5.32 Å². The molecule has 0 radical (unpaired) electrons. The average Bonchev–Trinajstić information content (AvgIpc) is 2.52. The van der Waals surface area contributed by atoms with Gasteiger partial charge in [-0.15, -0.1) is 0 Å². The molecule has 0 fully saturated rings. The molecule has 1 amide bonds. The smallest absolute Gasteiger partial charge is 0.253 e. The Bertz CT molecular complexity index is 570. The summed E-state index contributed by atoms with van der Waals surface area (Å²) >= 11 is 0. The van der Waals surface area contributed by atoms with Gasteiger partial charge in [0.05, 0.1) is 11.1 Å². The van der Waals surface area contributed by atoms with E-state index in [0.29, 0.717) is 5.56 Å². The number of benzene rings is 1. The number of nitrogens with zero attached hydrogens (tertiary/aromatic N) is 1. The maximum absolute atomic E-state index is 11.8. The summed E-state index contributed by atoms with van der Waals surface area (Å²) in [5, 5.41) is 12.9. The van der Waals surface area contributed by atoms with E-state index in [1.165, 1.54) is 0 Å². The van der Waals surface area contributed by atoms with E-state index in [4.69, 9.17) is 0 Å². The molecule has 0 saturated carbocycles. The third kappa shape index (κ3) is 1.34. The van der Waals surface area contributed by atoms with Crippen LogP contribution in [-0.4, -0.2) is 22.6 Å². The van der Waals surface area contributed by atoms with Crippen molar-refractivity contribution in [3.8, 4) is 5.75 Å². The summed E-state index contributed by atoms with van der Waals surface area (Å²) in [4.78, 5) is 11.8. The van der Waals surface area contributed by atoms with Gasteiger partial charge in [-0.05, 0) is 19.1 Å². The molecule has 0 aliphatic rings. The second kappa shape index (κ2) is 3.56. The molecule has 0 spiro atoms. The molecule has 0 unspecified atom stereocenters. The van der Waals surface area contributed by atoms with Crippen molar-refractivity contribution in [2.24, 2.45) is 7.05 Å². The van der Waals surface area contributed by atoms with Gasteiger partial charge >= 0.3 is 0 Å². The highest BCUT2D eigenvalue weighted by molar-refractivity contribution is 6.08. The Morgan fingerprint density at radius 2 is 2.12 bits per heavy atom. The lowest BCUT2D eigenvalue weighted by atomic mass is 10.1. The molecule has 2 N–H and O–H groups in total. The topological polar surface area (TPSA) is 54.3 Å². The Morgan fingerprint density at radius 1 is 1.44 bits per heavy atom. The van der Waals surface area contributed by atoms with Crippen LogP contribution in [0.25, 0.3) is 10.9 Å². The van der Waals surface area contributed by atoms with Crippen LogP contribution in [0, 0.1) is 6.92 Å². The molecule has 4 nitrogen and oxygen atoms in total. The first-order chi connectivity index (χ1) is 7.56. The Kier molecular flexibility index (Phi) is 2.34. The van der Waals surface area contributed by atoms with E-state index >= 15 is 0 Å². The molecular formula is C12H14N2O2. The van der Waals surface area contributed by atoms with Crippen molar-refractivity contribution in [3.63, 3.8) is 0 Å². The number of aryl methyl sites for hydroxylation is 1. The summed E-state index contributed by atoms with van der Waals surface area (Å²) in [7, 11) is 3.49. The first-order valence-corrected chi connectivity index (χ1v) is 5.06. The van der Waals surface area contributed by atoms with Crippen molar-refractivity contribution in [2.45, 2.75) is 6.92 Å². The minimum Gasteiger partial charge on any atom is -0.508 e. The van der Waals surface area contributed by atoms with Crippen molar-refractivity contribution in [1.29, 1.82) is 0 Å². The summed E-state index contributed by atoms with van der Waals surface area (Å²) in [6.07, 6.45) is 0. The number of phenolic OH excluding ortho intramolecular Hbond substituents is 1. The van der Waals surface area contributed by atoms with Crippen LogP contribution in [0.2, 0.25) is 0 Å². The van der Waals surface area contributed by atoms with Gasteiger partial charge in [-0.1, -0.05) is 0 Å². The van der Waals surface area contributed by atoms with Crippen LogP contribution >= 0.6 is 0 Å². The number of aromatic nitrogens is 1. The summed E-state index contributed by atoms with van der Waals surface area (Å²) in [6.45, 7) is 1.89. The van der Waals surface area contributed by atoms with Crippen LogP contribution in [0.3, 0.4) is 0 Å². The SMILES string of the molecule is CNC(=O)c1c(C)n(C)c2cc(O)ccc12. The molecule has 84 valence electrons. The minimum atomic E-state index is -0.103. The third-order valence-electron chi connectivity index (χ3n) is 2.93. The van der Waals surface area contributed by atoms with E-state index in [1.807, 2.05) is 18.5 Å². The van der Waals surface area contributed by atoms with Gasteiger partial charge in [0.25, 0.3) is 5.91 Å². The number of carbonyl (C=O) groups is 1. The predicted octanol–water partition coefficient (Wildman–Crippen LogP) is 1.55. The zero-order valence-corrected chi connectivity index (χ0v) is 9.53. The summed E-state index contributed by atoms with van der Waals surface area (Å²) < 4.78 is 1.90. The molecule has 1 heterocycles. The summed E-state index contributed by atoms with van der Waals surface area (Å²) in [6, 6.07) is 5.02. The van der Waals surface area contributed by atoms with E-state index in [1.54, 1.807) is 25.2 Å². The Labute approximate surface area is 93.5 Å². The largest absolute Gasteiger partial charge is 0.508 e. The molecule has 4 heteroatoms. The molecule has 16 heavy (non-hydrogen) atoms. The molecular weight excluding hydrogens is 204 g/mol. The lowest BCUT2D eigenvalue weighted by molar-refractivity contribution is 0.0964. The van der Waals surface area contributed by atoms with Crippen LogP contribution in [0.5, 0.6) is 5.75 Å². The molecule has 1 aromatic heterocycles. The summed E-state index contributed by atoms with van der Waals surface area (Å²) in [5.74, 6) is 0.102. The highest BCUT2D eigenvalue weighted by Gasteiger charge is 2.17. The van der Waals surface area contributed by atoms with E-state index in [0.717, 1.165) is 16.6 Å². The second-order valence-corrected chi connectivity index (χ2v) is 3.80. The molecule has 0 bridgehead atoms. The quantitative estimate of drug-likeness (QED) is 0.763. The van der Waals surface area contributed by atoms with Crippen molar-refractivity contribution in [1.82, 2.24) is 9.88 Å². The third-order valence-corrected chi connectivity index (χ3v) is 2.93. The van der Waals surface area contributed by atoms with E-state index < -0.39 is 0 Å². The fraction of sp³-hybridized carbons (Fsp3) is 0.250. The fourth-order valence-corrected chi connectivity index (χ4v) is 1.96. The predicted molar refractivity (Wildman–Crippen MR) is 62.7 cm³/mol. The highest BCUT2D eigenvalue weighted by atomic mass is 16.3. The van der Waals surface area contributed by atoms with E-state index in [9.17, 15) is 9.90 Å². The Morgan fingerprint density at radius 3 is 2.75 bits per heavy atom. The highest BCUT2D eigenvalue weighted by Crippen LogP contribution is 2.27. The van der Waals surface area contributed by atoms with Gasteiger partial charge in [-0.3, -0.25) is 4.79 Å². The number of amides is 1. The number of phenols is 1. The van der Waals surface area contributed by atoms with Crippen LogP contribution in [0.1, 0.15) is 16.1 Å². The lowest BCUT2D eigenvalue weighted by Gasteiger charge is -2.00. The van der Waals surface area contributed by atoms with Crippen molar-refractivity contribution < 1.29 is 9.90 Å². The van der Waals surface area contributed by atoms with Crippen molar-refractivity contribution in [2.75, 3.05) is 7.05 Å². The molecule has 0 saturated heterocycles. The van der Waals surface area contributed by atoms with E-state index in [2.05, 4.69) is 5.32 Å². The van der Waals surface area contributed by atoms with Gasteiger partial charge in [0.1, 0.15) is 5.75 Å². The lowest BCUT2D eigenvalue weighted by Crippen LogP contribution is -2.18. The van der Waals surface area contributed by atoms with Gasteiger partial charge < -0.3 is 15.0 Å². The van der Waals surface area contributed by atoms with Gasteiger partial charge in [0.2, 0.25) is 0 Å². The van der Waals surface area contributed by atoms with Gasteiger partial charge in [-0.25, -0.2) is 0 Å². The Hall–Kier alpha value is -1.97. The monoisotopic (exact) mass is 218 g/mol. The minimum absolute atomic E-state index is 0.103. The first-order valence-electron chi connectivity index (χ1n) is 5.06. The van der Waals surface area contributed by atoms with E-state index in [-0.39, 0.29) is 11.7 Å². The first kappa shape index (κ1) is 10.5. The zero-order chi connectivity index (χ0) is 11.9. The molecule has 2 rings (SSSR count). The van der Waals surface area contributed by atoms with Crippen LogP contribution in [0.15, 0.2) is 18.2 Å². The maximum Gasteiger partial charge on any atom is 0.253 e. The van der Waals surface area contributed by atoms with Crippen molar-refractivity contribution >= 4 is 16.8 Å². The van der Waals surface area contributed by atoms with Gasteiger partial charge in [0, 0.05) is 31.2 Å².